The van der Waals surface area contributed by atoms with Crippen LogP contribution in [0, 0.1) is 11.8 Å². The van der Waals surface area contributed by atoms with Gasteiger partial charge >= 0.3 is 0 Å². The molecule has 3 aromatic carbocycles. The Morgan fingerprint density at radius 1 is 0.912 bits per heavy atom. The minimum atomic E-state index is -0.933. The lowest BCUT2D eigenvalue weighted by molar-refractivity contribution is -0.773. The minimum absolute atomic E-state index is 0.0426. The fourth-order valence-electron chi connectivity index (χ4n) is 10.4. The molecule has 12 heteroatoms. The van der Waals surface area contributed by atoms with Gasteiger partial charge in [-0.3, -0.25) is 28.5 Å². The second-order valence-electron chi connectivity index (χ2n) is 19.6. The molecule has 348 valence electrons. The Bertz CT molecular complexity index is 3350. The van der Waals surface area contributed by atoms with Crippen molar-refractivity contribution in [3.8, 4) is 0 Å². The maximum Gasteiger partial charge on any atom is 0.264 e. The van der Waals surface area contributed by atoms with Gasteiger partial charge in [0.05, 0.1) is 59.6 Å². The number of hydrogen-bond acceptors (Lipinski definition) is 9. The lowest BCUT2D eigenvalue weighted by Crippen LogP contribution is -2.51. The topological polar surface area (TPSA) is 142 Å². The van der Waals surface area contributed by atoms with Crippen molar-refractivity contribution in [3.05, 3.63) is 151 Å². The number of rotatable bonds is 12. The quantitative estimate of drug-likeness (QED) is 0.103. The summed E-state index contributed by atoms with van der Waals surface area (Å²) in [5.74, 6) is 0.714. The molecular weight excluding hydrogens is 853 g/mol. The second kappa shape index (κ2) is 19.3. The third-order valence-electron chi connectivity index (χ3n) is 14.2. The zero-order valence-corrected chi connectivity index (χ0v) is 39.3. The highest BCUT2D eigenvalue weighted by atomic mass is 16.5. The first-order valence-electron chi connectivity index (χ1n) is 24.3. The molecule has 68 heavy (non-hydrogen) atoms. The van der Waals surface area contributed by atoms with Gasteiger partial charge in [0.2, 0.25) is 0 Å². The summed E-state index contributed by atoms with van der Waals surface area (Å²) in [6.07, 6.45) is 20.7. The van der Waals surface area contributed by atoms with E-state index in [0.29, 0.717) is 78.7 Å². The predicted molar refractivity (Wildman–Crippen MR) is 265 cm³/mol. The van der Waals surface area contributed by atoms with E-state index in [1.807, 2.05) is 73.1 Å². The number of ketones is 1. The largest absolute Gasteiger partial charge is 0.389 e. The van der Waals surface area contributed by atoms with E-state index < -0.39 is 18.4 Å². The molecule has 0 amide bonds. The highest BCUT2D eigenvalue weighted by Crippen LogP contribution is 2.33. The lowest BCUT2D eigenvalue weighted by Gasteiger charge is -2.32. The van der Waals surface area contributed by atoms with Crippen molar-refractivity contribution >= 4 is 56.4 Å². The van der Waals surface area contributed by atoms with Gasteiger partial charge in [-0.05, 0) is 84.7 Å². The summed E-state index contributed by atoms with van der Waals surface area (Å²) in [6.45, 7) is 9.83. The third-order valence-corrected chi connectivity index (χ3v) is 14.2. The molecule has 3 aromatic heterocycles. The summed E-state index contributed by atoms with van der Waals surface area (Å²) < 4.78 is 17.5. The summed E-state index contributed by atoms with van der Waals surface area (Å²) in [5, 5.41) is 16.3. The molecule has 10 rings (SSSR count). The number of Topliss-reactive ketones (excluding diaryl/α,β-unsaturated/α-hetero) is 1. The number of carbonyl (C=O) groups excluding carboxylic acids is 1. The van der Waals surface area contributed by atoms with Gasteiger partial charge < -0.3 is 14.6 Å². The number of nitrogens with zero attached hydrogens (tertiary/aromatic N) is 6. The number of aromatic nitrogens is 5. The smallest absolute Gasteiger partial charge is 0.264 e. The molecule has 1 N–H and O–H groups in total. The Balaban J connectivity index is 0.944. The number of benzene rings is 3. The van der Waals surface area contributed by atoms with Gasteiger partial charge in [0.1, 0.15) is 5.70 Å². The average molecular weight is 912 g/mol. The molecule has 4 atom stereocenters. The van der Waals surface area contributed by atoms with Crippen LogP contribution in [0.25, 0.3) is 44.4 Å². The fraction of sp³-hybridized carbons (Fsp3) is 0.393. The summed E-state index contributed by atoms with van der Waals surface area (Å²) in [5.41, 5.74) is 9.16. The summed E-state index contributed by atoms with van der Waals surface area (Å²) in [4.78, 5) is 56.0. The normalized spacial score (nSPS) is 20.7. The molecule has 1 aliphatic carbocycles. The van der Waals surface area contributed by atoms with Crippen LogP contribution in [-0.4, -0.2) is 62.1 Å². The molecular formula is C56H59N6O6+. The zero-order chi connectivity index (χ0) is 47.1. The maximum atomic E-state index is 14.7. The Morgan fingerprint density at radius 3 is 2.44 bits per heavy atom. The van der Waals surface area contributed by atoms with Gasteiger partial charge in [0.15, 0.2) is 17.7 Å². The van der Waals surface area contributed by atoms with E-state index in [-0.39, 0.29) is 41.4 Å². The summed E-state index contributed by atoms with van der Waals surface area (Å²) in [7, 11) is 0. The van der Waals surface area contributed by atoms with E-state index in [0.717, 1.165) is 62.9 Å². The van der Waals surface area contributed by atoms with Crippen molar-refractivity contribution in [1.29, 1.82) is 0 Å². The monoisotopic (exact) mass is 911 g/mol. The maximum absolute atomic E-state index is 14.7. The number of pyridine rings is 1. The molecule has 2 saturated heterocycles. The van der Waals surface area contributed by atoms with Crippen molar-refractivity contribution in [2.24, 2.45) is 16.8 Å². The van der Waals surface area contributed by atoms with Gasteiger partial charge in [-0.2, -0.15) is 4.57 Å². The lowest BCUT2D eigenvalue weighted by atomic mass is 9.90. The van der Waals surface area contributed by atoms with Crippen molar-refractivity contribution in [1.82, 2.24) is 19.1 Å². The van der Waals surface area contributed by atoms with Crippen molar-refractivity contribution in [2.75, 3.05) is 19.8 Å². The average Bonchev–Trinajstić information content (AvgIpc) is 3.62. The van der Waals surface area contributed by atoms with Crippen LogP contribution >= 0.6 is 0 Å². The number of ether oxygens (including phenoxy) is 2. The van der Waals surface area contributed by atoms with E-state index in [1.165, 1.54) is 0 Å². The first-order valence-corrected chi connectivity index (χ1v) is 24.3. The number of aliphatic imine (C=N–C) groups is 1. The first kappa shape index (κ1) is 45.4. The number of aliphatic hydroxyl groups is 1. The second-order valence-corrected chi connectivity index (χ2v) is 19.6. The van der Waals surface area contributed by atoms with Gasteiger partial charge in [0, 0.05) is 71.7 Å². The number of hydrogen-bond donors (Lipinski definition) is 1. The van der Waals surface area contributed by atoms with Crippen LogP contribution in [0.2, 0.25) is 0 Å². The highest BCUT2D eigenvalue weighted by molar-refractivity contribution is 6.06. The van der Waals surface area contributed by atoms with Crippen LogP contribution < -0.4 is 26.1 Å². The van der Waals surface area contributed by atoms with Gasteiger partial charge in [-0.1, -0.05) is 76.3 Å². The number of aliphatic hydroxyl groups excluding tert-OH is 1. The molecule has 6 aromatic rings. The molecule has 6 heterocycles. The Kier molecular flexibility index (Phi) is 12.9. The minimum Gasteiger partial charge on any atom is -0.389 e. The summed E-state index contributed by atoms with van der Waals surface area (Å²) in [6, 6.07) is 15.8. The predicted octanol–water partition coefficient (Wildman–Crippen LogP) is 6.94. The van der Waals surface area contributed by atoms with Crippen molar-refractivity contribution in [2.45, 2.75) is 109 Å². The molecule has 0 saturated carbocycles. The third kappa shape index (κ3) is 8.90. The van der Waals surface area contributed by atoms with Gasteiger partial charge in [-0.15, -0.1) is 5.73 Å². The molecule has 4 unspecified atom stereocenters. The number of allylic oxidation sites excluding steroid dienone is 5. The fourth-order valence-corrected chi connectivity index (χ4v) is 10.4. The van der Waals surface area contributed by atoms with E-state index in [2.05, 4.69) is 61.2 Å². The molecule has 3 aliphatic heterocycles. The van der Waals surface area contributed by atoms with Crippen molar-refractivity contribution < 1.29 is 23.9 Å². The molecule has 0 radical (unpaired) electrons. The Hall–Kier alpha value is -6.43. The van der Waals surface area contributed by atoms with Crippen LogP contribution in [0.5, 0.6) is 0 Å². The standard InChI is InChI=1S/C56H59N6O6/c1-34(2)14-17-50(63)47-16-15-37(30-57-47)25-39-28-46-54(44-13-9-8-11-42(39)44)59-33-62(56(46)66)49-29-52(68-31-51(49)64)60-21-18-36(26-48(60)35(3)4)24-38-27-45-53(43-12-7-5-6-10-41(38)43)58-32-61(55(45)65)40-19-22-67-23-20-40/h5-9,11-13,16,18,21,26-28,30,32-35,37,40,49,51-52,64H,14-15,17,19-20,22-25,29,31H2,1-4H3/q+1. The Morgan fingerprint density at radius 2 is 1.66 bits per heavy atom. The molecule has 12 nitrogen and oxygen atoms in total. The van der Waals surface area contributed by atoms with Crippen LogP contribution in [0.1, 0.15) is 113 Å². The molecule has 0 spiro atoms. The summed E-state index contributed by atoms with van der Waals surface area (Å²) >= 11 is 0. The van der Waals surface area contributed by atoms with Crippen molar-refractivity contribution in [3.63, 3.8) is 0 Å². The number of fused-ring (bicyclic) bond motifs is 6. The van der Waals surface area contributed by atoms with E-state index in [4.69, 9.17) is 19.4 Å². The molecule has 2 fully saturated rings. The van der Waals surface area contributed by atoms with Gasteiger partial charge in [-0.25, -0.2) is 9.97 Å². The van der Waals surface area contributed by atoms with Gasteiger partial charge in [0.25, 0.3) is 17.3 Å². The van der Waals surface area contributed by atoms with E-state index in [1.54, 1.807) is 21.8 Å². The van der Waals surface area contributed by atoms with Crippen LogP contribution in [0.3, 0.4) is 0 Å². The molecule has 4 aliphatic rings. The van der Waals surface area contributed by atoms with Crippen LogP contribution in [-0.2, 0) is 27.1 Å². The SMILES string of the molecule is CC(C)CCC(=O)C1=CCC(Cc2cc3c(=O)n(C4CC([n+]5ccc(Cc6cc7c(=O)n(C8CCOCC8)cnc7c7c6=C=CC=CC=7)cc5C(C)C)OCC4O)cnc3c3ccccc23)C=N1. The first-order chi connectivity index (χ1) is 33.0. The van der Waals surface area contributed by atoms with E-state index >= 15 is 0 Å². The highest BCUT2D eigenvalue weighted by Gasteiger charge is 2.39. The van der Waals surface area contributed by atoms with E-state index in [9.17, 15) is 19.5 Å². The Labute approximate surface area is 395 Å². The molecule has 0 bridgehead atoms. The number of carbonyl (C=O) groups is 1. The van der Waals surface area contributed by atoms with Crippen LogP contribution in [0.15, 0.2) is 112 Å². The van der Waals surface area contributed by atoms with Crippen LogP contribution in [0.4, 0.5) is 0 Å². The zero-order valence-electron chi connectivity index (χ0n) is 39.3.